The van der Waals surface area contributed by atoms with Crippen LogP contribution in [-0.4, -0.2) is 48.9 Å². The Kier molecular flexibility index (Phi) is 4.49. The SMILES string of the molecule is COC(=O)[C@@H]1Cc2ccccc2C[NH+]1CCN1C(=O)c2ccccc2C1=O. The number of rotatable bonds is 4. The monoisotopic (exact) mass is 365 g/mol. The average Bonchev–Trinajstić information content (AvgIpc) is 2.95. The van der Waals surface area contributed by atoms with E-state index < -0.39 is 0 Å². The highest BCUT2D eigenvalue weighted by atomic mass is 16.5. The lowest BCUT2D eigenvalue weighted by atomic mass is 9.94. The van der Waals surface area contributed by atoms with Crippen LogP contribution >= 0.6 is 0 Å². The van der Waals surface area contributed by atoms with E-state index in [0.717, 1.165) is 10.5 Å². The molecule has 6 nitrogen and oxygen atoms in total. The van der Waals surface area contributed by atoms with Crippen LogP contribution in [0.1, 0.15) is 31.8 Å². The minimum atomic E-state index is -0.333. The molecule has 6 heteroatoms. The number of hydrogen-bond acceptors (Lipinski definition) is 4. The summed E-state index contributed by atoms with van der Waals surface area (Å²) in [5, 5.41) is 0. The van der Waals surface area contributed by atoms with E-state index in [4.69, 9.17) is 4.74 Å². The Morgan fingerprint density at radius 3 is 2.26 bits per heavy atom. The van der Waals surface area contributed by atoms with E-state index in [1.165, 1.54) is 17.6 Å². The van der Waals surface area contributed by atoms with Gasteiger partial charge in [-0.15, -0.1) is 0 Å². The fraction of sp³-hybridized carbons (Fsp3) is 0.286. The molecule has 2 aliphatic rings. The summed E-state index contributed by atoms with van der Waals surface area (Å²) in [6.45, 7) is 1.44. The third-order valence-corrected chi connectivity index (χ3v) is 5.47. The molecule has 4 rings (SSSR count). The molecule has 0 radical (unpaired) electrons. The van der Waals surface area contributed by atoms with E-state index in [9.17, 15) is 14.4 Å². The maximum atomic E-state index is 12.6. The molecule has 0 bridgehead atoms. The average molecular weight is 365 g/mol. The molecule has 2 aromatic rings. The first-order valence-electron chi connectivity index (χ1n) is 9.04. The number of esters is 1. The van der Waals surface area contributed by atoms with E-state index in [0.29, 0.717) is 30.6 Å². The van der Waals surface area contributed by atoms with E-state index in [-0.39, 0.29) is 30.4 Å². The van der Waals surface area contributed by atoms with Gasteiger partial charge < -0.3 is 9.64 Å². The fourth-order valence-electron chi connectivity index (χ4n) is 4.01. The third kappa shape index (κ3) is 3.02. The predicted molar refractivity (Wildman–Crippen MR) is 97.3 cm³/mol. The molecule has 0 saturated carbocycles. The van der Waals surface area contributed by atoms with Crippen molar-refractivity contribution in [1.29, 1.82) is 0 Å². The maximum absolute atomic E-state index is 12.6. The quantitative estimate of drug-likeness (QED) is 0.632. The van der Waals surface area contributed by atoms with Gasteiger partial charge in [-0.1, -0.05) is 36.4 Å². The smallest absolute Gasteiger partial charge is 0.365 e. The molecule has 2 aromatic carbocycles. The summed E-state index contributed by atoms with van der Waals surface area (Å²) >= 11 is 0. The molecule has 2 aliphatic heterocycles. The van der Waals surface area contributed by atoms with E-state index in [1.807, 2.05) is 18.2 Å². The van der Waals surface area contributed by atoms with Crippen molar-refractivity contribution in [3.63, 3.8) is 0 Å². The maximum Gasteiger partial charge on any atom is 0.365 e. The summed E-state index contributed by atoms with van der Waals surface area (Å²) in [4.78, 5) is 39.7. The van der Waals surface area contributed by atoms with E-state index >= 15 is 0 Å². The number of carbonyl (C=O) groups excluding carboxylic acids is 3. The normalized spacial score (nSPS) is 21.0. The number of nitrogens with one attached hydrogen (secondary N) is 1. The molecule has 0 fully saturated rings. The molecule has 1 N–H and O–H groups in total. The number of imide groups is 1. The van der Waals surface area contributed by atoms with Crippen molar-refractivity contribution in [1.82, 2.24) is 4.90 Å². The summed E-state index contributed by atoms with van der Waals surface area (Å²) in [5.41, 5.74) is 3.24. The molecule has 2 amide bonds. The van der Waals surface area contributed by atoms with Crippen LogP contribution in [0.3, 0.4) is 0 Å². The van der Waals surface area contributed by atoms with Crippen molar-refractivity contribution in [2.24, 2.45) is 0 Å². The number of carbonyl (C=O) groups is 3. The lowest BCUT2D eigenvalue weighted by Crippen LogP contribution is -3.17. The highest BCUT2D eigenvalue weighted by Crippen LogP contribution is 2.22. The van der Waals surface area contributed by atoms with Gasteiger partial charge in [0.25, 0.3) is 11.8 Å². The van der Waals surface area contributed by atoms with Gasteiger partial charge in [0.05, 0.1) is 31.3 Å². The lowest BCUT2D eigenvalue weighted by Gasteiger charge is -2.32. The zero-order chi connectivity index (χ0) is 19.0. The summed E-state index contributed by atoms with van der Waals surface area (Å²) in [7, 11) is 1.39. The third-order valence-electron chi connectivity index (χ3n) is 5.47. The fourth-order valence-corrected chi connectivity index (χ4v) is 4.01. The topological polar surface area (TPSA) is 68.1 Å². The van der Waals surface area contributed by atoms with Crippen molar-refractivity contribution in [2.45, 2.75) is 19.0 Å². The summed E-state index contributed by atoms with van der Waals surface area (Å²) in [6, 6.07) is 14.6. The van der Waals surface area contributed by atoms with Crippen molar-refractivity contribution < 1.29 is 24.0 Å². The largest absolute Gasteiger partial charge is 0.465 e. The first kappa shape index (κ1) is 17.4. The Labute approximate surface area is 157 Å². The van der Waals surface area contributed by atoms with Crippen LogP contribution in [0.4, 0.5) is 0 Å². The zero-order valence-electron chi connectivity index (χ0n) is 15.1. The number of hydrogen-bond donors (Lipinski definition) is 1. The first-order valence-corrected chi connectivity index (χ1v) is 9.04. The molecule has 1 unspecified atom stereocenters. The number of nitrogens with zero attached hydrogens (tertiary/aromatic N) is 1. The Balaban J connectivity index is 1.52. The molecule has 0 saturated heterocycles. The summed E-state index contributed by atoms with van der Waals surface area (Å²) in [5.74, 6) is -0.786. The van der Waals surface area contributed by atoms with Gasteiger partial charge in [0.2, 0.25) is 0 Å². The molecule has 0 spiro atoms. The van der Waals surface area contributed by atoms with Crippen molar-refractivity contribution in [2.75, 3.05) is 20.2 Å². The Bertz CT molecular complexity index is 889. The van der Waals surface area contributed by atoms with Gasteiger partial charge in [0.1, 0.15) is 6.54 Å². The number of methoxy groups -OCH3 is 1. The first-order chi connectivity index (χ1) is 13.1. The molecule has 27 heavy (non-hydrogen) atoms. The van der Waals surface area contributed by atoms with Crippen LogP contribution in [0.5, 0.6) is 0 Å². The number of fused-ring (bicyclic) bond motifs is 2. The van der Waals surface area contributed by atoms with Gasteiger partial charge in [-0.25, -0.2) is 4.79 Å². The summed E-state index contributed by atoms with van der Waals surface area (Å²) < 4.78 is 4.99. The lowest BCUT2D eigenvalue weighted by molar-refractivity contribution is -0.931. The number of quaternary nitrogens is 1. The molecule has 0 aliphatic carbocycles. The predicted octanol–water partition coefficient (Wildman–Crippen LogP) is 0.465. The van der Waals surface area contributed by atoms with Crippen molar-refractivity contribution in [3.8, 4) is 0 Å². The standard InChI is InChI=1S/C21H20N2O4/c1-27-21(26)18-12-14-6-2-3-7-15(14)13-22(18)10-11-23-19(24)16-8-4-5-9-17(16)20(23)25/h2-9,18H,10-13H2,1H3/p+1/t18-/m0/s1. The van der Waals surface area contributed by atoms with Crippen LogP contribution in [0.2, 0.25) is 0 Å². The number of benzene rings is 2. The second kappa shape index (κ2) is 6.96. The Morgan fingerprint density at radius 2 is 1.63 bits per heavy atom. The minimum absolute atomic E-state index is 0.262. The molecule has 2 heterocycles. The van der Waals surface area contributed by atoms with Crippen molar-refractivity contribution in [3.05, 3.63) is 70.8 Å². The Morgan fingerprint density at radius 1 is 1.04 bits per heavy atom. The highest BCUT2D eigenvalue weighted by Gasteiger charge is 2.39. The van der Waals surface area contributed by atoms with Crippen LogP contribution in [-0.2, 0) is 22.5 Å². The second-order valence-corrected chi connectivity index (χ2v) is 6.94. The molecular formula is C21H21N2O4+. The van der Waals surface area contributed by atoms with Crippen molar-refractivity contribution >= 4 is 17.8 Å². The second-order valence-electron chi connectivity index (χ2n) is 6.94. The molecule has 0 aromatic heterocycles. The van der Waals surface area contributed by atoms with Crippen LogP contribution in [0.25, 0.3) is 0 Å². The van der Waals surface area contributed by atoms with Gasteiger partial charge in [-0.05, 0) is 17.7 Å². The molecule has 138 valence electrons. The van der Waals surface area contributed by atoms with Gasteiger partial charge in [0.15, 0.2) is 6.04 Å². The summed E-state index contributed by atoms with van der Waals surface area (Å²) in [6.07, 6.45) is 0.598. The molecular weight excluding hydrogens is 344 g/mol. The van der Waals surface area contributed by atoms with Gasteiger partial charge in [-0.2, -0.15) is 0 Å². The van der Waals surface area contributed by atoms with Crippen LogP contribution in [0, 0.1) is 0 Å². The van der Waals surface area contributed by atoms with Crippen LogP contribution < -0.4 is 4.90 Å². The molecule has 2 atom stereocenters. The highest BCUT2D eigenvalue weighted by molar-refractivity contribution is 6.21. The van der Waals surface area contributed by atoms with E-state index in [2.05, 4.69) is 6.07 Å². The van der Waals surface area contributed by atoms with E-state index in [1.54, 1.807) is 24.3 Å². The number of ether oxygens (including phenoxy) is 1. The Hall–Kier alpha value is -2.99. The van der Waals surface area contributed by atoms with Crippen LogP contribution in [0.15, 0.2) is 48.5 Å². The van der Waals surface area contributed by atoms with Gasteiger partial charge in [0, 0.05) is 12.0 Å². The van der Waals surface area contributed by atoms with Gasteiger partial charge in [-0.3, -0.25) is 14.5 Å². The zero-order valence-corrected chi connectivity index (χ0v) is 15.1. The van der Waals surface area contributed by atoms with Gasteiger partial charge >= 0.3 is 5.97 Å². The minimum Gasteiger partial charge on any atom is -0.465 e. The number of amides is 2.